The topological polar surface area (TPSA) is 63.8 Å². The Bertz CT molecular complexity index is 1160. The molecule has 1 N–H and O–H groups in total. The average Bonchev–Trinajstić information content (AvgIpc) is 3.19. The lowest BCUT2D eigenvalue weighted by molar-refractivity contribution is -0.141. The minimum Gasteiger partial charge on any atom is -0.387 e. The maximum atomic E-state index is 13.1. The lowest BCUT2D eigenvalue weighted by atomic mass is 9.77. The van der Waals surface area contributed by atoms with E-state index in [4.69, 9.17) is 0 Å². The van der Waals surface area contributed by atoms with Gasteiger partial charge in [-0.15, -0.1) is 11.3 Å². The van der Waals surface area contributed by atoms with Gasteiger partial charge in [-0.2, -0.15) is 5.10 Å². The Morgan fingerprint density at radius 3 is 2.85 bits per heavy atom. The number of aromatic nitrogens is 4. The first-order valence-corrected chi connectivity index (χ1v) is 9.46. The molecule has 8 heteroatoms. The SMILES string of the molecule is Cn1cc2cc(-c3ccc4cc([C@H](O)C5CC(F)(F)C5)sc4n3)cnc2n1. The van der Waals surface area contributed by atoms with Gasteiger partial charge in [-0.1, -0.05) is 0 Å². The van der Waals surface area contributed by atoms with E-state index in [-0.39, 0.29) is 18.8 Å². The molecule has 4 aromatic heterocycles. The maximum absolute atomic E-state index is 13.1. The smallest absolute Gasteiger partial charge is 0.248 e. The molecule has 0 unspecified atom stereocenters. The third-order valence-electron chi connectivity index (χ3n) is 5.03. The highest BCUT2D eigenvalue weighted by Gasteiger charge is 2.48. The van der Waals surface area contributed by atoms with E-state index in [0.29, 0.717) is 10.5 Å². The number of rotatable bonds is 3. The first-order valence-electron chi connectivity index (χ1n) is 8.64. The quantitative estimate of drug-likeness (QED) is 0.569. The van der Waals surface area contributed by atoms with E-state index in [2.05, 4.69) is 15.1 Å². The number of hydrogen-bond donors (Lipinski definition) is 1. The average molecular weight is 386 g/mol. The van der Waals surface area contributed by atoms with Crippen molar-refractivity contribution < 1.29 is 13.9 Å². The van der Waals surface area contributed by atoms with E-state index in [1.807, 2.05) is 37.5 Å². The number of thiophene rings is 1. The van der Waals surface area contributed by atoms with Crippen molar-refractivity contribution in [2.45, 2.75) is 24.9 Å². The fraction of sp³-hybridized carbons (Fsp3) is 0.316. The van der Waals surface area contributed by atoms with Gasteiger partial charge >= 0.3 is 0 Å². The zero-order chi connectivity index (χ0) is 18.8. The number of halogens is 2. The van der Waals surface area contributed by atoms with Crippen molar-refractivity contribution in [1.82, 2.24) is 19.7 Å². The lowest BCUT2D eigenvalue weighted by Crippen LogP contribution is -2.38. The fourth-order valence-electron chi connectivity index (χ4n) is 3.58. The normalized spacial score (nSPS) is 18.1. The number of aryl methyl sites for hydroxylation is 1. The van der Waals surface area contributed by atoms with Crippen molar-refractivity contribution in [2.75, 3.05) is 0 Å². The van der Waals surface area contributed by atoms with E-state index in [9.17, 15) is 13.9 Å². The van der Waals surface area contributed by atoms with E-state index in [1.165, 1.54) is 11.3 Å². The molecule has 1 aliphatic rings. The molecule has 4 aromatic rings. The number of hydrogen-bond acceptors (Lipinski definition) is 5. The second-order valence-electron chi connectivity index (χ2n) is 7.15. The van der Waals surface area contributed by atoms with Gasteiger partial charge in [-0.3, -0.25) is 4.68 Å². The van der Waals surface area contributed by atoms with Gasteiger partial charge in [0.2, 0.25) is 5.92 Å². The number of pyridine rings is 2. The number of fused-ring (bicyclic) bond motifs is 2. The molecular weight excluding hydrogens is 370 g/mol. The largest absolute Gasteiger partial charge is 0.387 e. The second kappa shape index (κ2) is 5.77. The molecule has 0 aliphatic heterocycles. The molecule has 5 nitrogen and oxygen atoms in total. The van der Waals surface area contributed by atoms with Crippen LogP contribution in [-0.4, -0.2) is 30.8 Å². The van der Waals surface area contributed by atoms with E-state index >= 15 is 0 Å². The molecule has 0 saturated heterocycles. The Balaban J connectivity index is 1.47. The van der Waals surface area contributed by atoms with Gasteiger partial charge in [0.25, 0.3) is 0 Å². The van der Waals surface area contributed by atoms with Crippen LogP contribution in [0.5, 0.6) is 0 Å². The summed E-state index contributed by atoms with van der Waals surface area (Å²) in [5.74, 6) is -3.02. The van der Waals surface area contributed by atoms with Crippen LogP contribution in [0.3, 0.4) is 0 Å². The number of aliphatic hydroxyl groups is 1. The highest BCUT2D eigenvalue weighted by molar-refractivity contribution is 7.18. The van der Waals surface area contributed by atoms with Crippen molar-refractivity contribution >= 4 is 32.6 Å². The zero-order valence-electron chi connectivity index (χ0n) is 14.4. The summed E-state index contributed by atoms with van der Waals surface area (Å²) in [5.41, 5.74) is 2.34. The third-order valence-corrected chi connectivity index (χ3v) is 6.15. The summed E-state index contributed by atoms with van der Waals surface area (Å²) < 4.78 is 27.9. The third kappa shape index (κ3) is 2.89. The fourth-order valence-corrected chi connectivity index (χ4v) is 4.69. The van der Waals surface area contributed by atoms with Crippen LogP contribution < -0.4 is 0 Å². The molecule has 138 valence electrons. The van der Waals surface area contributed by atoms with Gasteiger partial charge in [-0.25, -0.2) is 18.7 Å². The molecule has 0 radical (unpaired) electrons. The highest BCUT2D eigenvalue weighted by Crippen LogP contribution is 2.49. The summed E-state index contributed by atoms with van der Waals surface area (Å²) in [5, 5.41) is 16.5. The van der Waals surface area contributed by atoms with Crippen molar-refractivity contribution in [3.8, 4) is 11.3 Å². The first-order chi connectivity index (χ1) is 12.9. The maximum Gasteiger partial charge on any atom is 0.248 e. The first kappa shape index (κ1) is 16.7. The van der Waals surface area contributed by atoms with Crippen LogP contribution in [0.2, 0.25) is 0 Å². The molecule has 0 spiro atoms. The van der Waals surface area contributed by atoms with Gasteiger partial charge in [0.1, 0.15) is 4.83 Å². The van der Waals surface area contributed by atoms with Crippen LogP contribution in [0, 0.1) is 5.92 Å². The van der Waals surface area contributed by atoms with Crippen LogP contribution in [0.15, 0.2) is 36.7 Å². The summed E-state index contributed by atoms with van der Waals surface area (Å²) in [6.45, 7) is 0. The van der Waals surface area contributed by atoms with Gasteiger partial charge in [-0.05, 0) is 24.3 Å². The Morgan fingerprint density at radius 1 is 1.26 bits per heavy atom. The van der Waals surface area contributed by atoms with Gasteiger partial charge in [0.15, 0.2) is 5.65 Å². The van der Waals surface area contributed by atoms with Crippen LogP contribution in [0.4, 0.5) is 8.78 Å². The molecule has 0 aromatic carbocycles. The lowest BCUT2D eigenvalue weighted by Gasteiger charge is -2.37. The van der Waals surface area contributed by atoms with Crippen LogP contribution in [0.1, 0.15) is 23.8 Å². The number of nitrogens with zero attached hydrogens (tertiary/aromatic N) is 4. The molecule has 0 bridgehead atoms. The molecule has 1 saturated carbocycles. The summed E-state index contributed by atoms with van der Waals surface area (Å²) in [6.07, 6.45) is 2.28. The van der Waals surface area contributed by atoms with Gasteiger partial charge in [0, 0.05) is 59.4 Å². The van der Waals surface area contributed by atoms with Crippen molar-refractivity contribution in [3.05, 3.63) is 41.5 Å². The molecule has 1 atom stereocenters. The minimum atomic E-state index is -2.63. The molecule has 27 heavy (non-hydrogen) atoms. The van der Waals surface area contributed by atoms with Crippen LogP contribution in [0.25, 0.3) is 32.5 Å². The van der Waals surface area contributed by atoms with E-state index in [0.717, 1.165) is 26.9 Å². The molecule has 1 aliphatic carbocycles. The predicted molar refractivity (Wildman–Crippen MR) is 99.8 cm³/mol. The highest BCUT2D eigenvalue weighted by atomic mass is 32.1. The van der Waals surface area contributed by atoms with Gasteiger partial charge < -0.3 is 5.11 Å². The van der Waals surface area contributed by atoms with E-state index in [1.54, 1.807) is 10.9 Å². The van der Waals surface area contributed by atoms with Crippen LogP contribution >= 0.6 is 11.3 Å². The molecule has 0 amide bonds. The van der Waals surface area contributed by atoms with Gasteiger partial charge in [0.05, 0.1) is 11.8 Å². The Labute approximate surface area is 157 Å². The van der Waals surface area contributed by atoms with Crippen molar-refractivity contribution in [3.63, 3.8) is 0 Å². The number of alkyl halides is 2. The molecular formula is C19H16F2N4OS. The summed E-state index contributed by atoms with van der Waals surface area (Å²) in [4.78, 5) is 10.5. The van der Waals surface area contributed by atoms with Crippen molar-refractivity contribution in [1.29, 1.82) is 0 Å². The minimum absolute atomic E-state index is 0.252. The monoisotopic (exact) mass is 386 g/mol. The summed E-state index contributed by atoms with van der Waals surface area (Å²) >= 11 is 1.36. The Kier molecular flexibility index (Phi) is 3.57. The standard InChI is InChI=1S/C19H16F2N4OS/c1-25-9-12-4-11(8-22-17(12)24-25)14-3-2-10-5-15(27-18(10)23-14)16(26)13-6-19(20,21)7-13/h2-5,8-9,13,16,26H,6-7H2,1H3/t16-/m1/s1. The predicted octanol–water partition coefficient (Wildman–Crippen LogP) is 4.32. The Hall–Kier alpha value is -2.45. The zero-order valence-corrected chi connectivity index (χ0v) is 15.2. The molecule has 5 rings (SSSR count). The van der Waals surface area contributed by atoms with E-state index < -0.39 is 12.0 Å². The number of aliphatic hydroxyl groups excluding tert-OH is 1. The summed E-state index contributed by atoms with van der Waals surface area (Å²) in [6, 6.07) is 7.68. The molecule has 1 fully saturated rings. The van der Waals surface area contributed by atoms with Crippen LogP contribution in [-0.2, 0) is 7.05 Å². The van der Waals surface area contributed by atoms with Crippen molar-refractivity contribution in [2.24, 2.45) is 13.0 Å². The second-order valence-corrected chi connectivity index (χ2v) is 8.21. The summed E-state index contributed by atoms with van der Waals surface area (Å²) in [7, 11) is 1.85. The Morgan fingerprint density at radius 2 is 2.07 bits per heavy atom. The molecule has 4 heterocycles.